The number of anilines is 1. The van der Waals surface area contributed by atoms with Crippen LogP contribution in [0, 0.1) is 29.5 Å². The molecule has 1 unspecified atom stereocenters. The molecule has 1 atom stereocenters. The third-order valence-electron chi connectivity index (χ3n) is 7.86. The summed E-state index contributed by atoms with van der Waals surface area (Å²) >= 11 is 1.24. The molecule has 12 nitrogen and oxygen atoms in total. The Bertz CT molecular complexity index is 1850. The SMILES string of the molecule is C#CCN1C(=O)COc2cc(F)c(N=c3snc4n3CC(C)(C)C4)cc21.CC(C)C1(C)N=C(c2ncccc2C(=O)O)NC1=O. The van der Waals surface area contributed by atoms with Gasteiger partial charge in [0.25, 0.3) is 11.8 Å². The van der Waals surface area contributed by atoms with Gasteiger partial charge < -0.3 is 19.7 Å². The van der Waals surface area contributed by atoms with Gasteiger partial charge in [-0.05, 0) is 36.5 Å². The van der Waals surface area contributed by atoms with Gasteiger partial charge >= 0.3 is 5.97 Å². The van der Waals surface area contributed by atoms with Gasteiger partial charge in [0.2, 0.25) is 4.80 Å². The van der Waals surface area contributed by atoms with Crippen LogP contribution in [0.5, 0.6) is 5.75 Å². The lowest BCUT2D eigenvalue weighted by molar-refractivity contribution is -0.124. The molecule has 3 aliphatic heterocycles. The number of nitrogens with one attached hydrogen (secondary N) is 1. The van der Waals surface area contributed by atoms with E-state index in [0.29, 0.717) is 16.2 Å². The van der Waals surface area contributed by atoms with Gasteiger partial charge in [0.1, 0.15) is 28.5 Å². The molecule has 45 heavy (non-hydrogen) atoms. The van der Waals surface area contributed by atoms with Crippen LogP contribution in [-0.4, -0.2) is 61.3 Å². The van der Waals surface area contributed by atoms with Gasteiger partial charge in [-0.1, -0.05) is 33.6 Å². The van der Waals surface area contributed by atoms with E-state index in [2.05, 4.69) is 44.4 Å². The average molecular weight is 634 g/mol. The number of fused-ring (bicyclic) bond motifs is 2. The maximum Gasteiger partial charge on any atom is 0.338 e. The number of hydrogen-bond acceptors (Lipinski definition) is 9. The molecule has 0 bridgehead atoms. The summed E-state index contributed by atoms with van der Waals surface area (Å²) in [5, 5.41) is 11.7. The van der Waals surface area contributed by atoms with Gasteiger partial charge in [-0.15, -0.1) is 6.42 Å². The van der Waals surface area contributed by atoms with Gasteiger partial charge in [-0.25, -0.2) is 19.2 Å². The lowest BCUT2D eigenvalue weighted by Gasteiger charge is -2.28. The lowest BCUT2D eigenvalue weighted by atomic mass is 9.89. The van der Waals surface area contributed by atoms with Crippen LogP contribution in [0.3, 0.4) is 0 Å². The second-order valence-electron chi connectivity index (χ2n) is 12.1. The molecule has 2 N–H and O–H groups in total. The molecule has 3 aromatic rings. The number of halogens is 1. The van der Waals surface area contributed by atoms with Crippen molar-refractivity contribution in [2.24, 2.45) is 21.3 Å². The predicted octanol–water partition coefficient (Wildman–Crippen LogP) is 3.33. The Morgan fingerprint density at radius 3 is 2.73 bits per heavy atom. The van der Waals surface area contributed by atoms with E-state index in [1.54, 1.807) is 6.92 Å². The topological polar surface area (TPSA) is 151 Å². The zero-order chi connectivity index (χ0) is 32.7. The van der Waals surface area contributed by atoms with E-state index in [0.717, 1.165) is 18.8 Å². The number of carbonyl (C=O) groups is 3. The number of aromatic nitrogens is 3. The van der Waals surface area contributed by atoms with Crippen molar-refractivity contribution in [1.29, 1.82) is 0 Å². The fourth-order valence-electron chi connectivity index (χ4n) is 5.06. The summed E-state index contributed by atoms with van der Waals surface area (Å²) in [6, 6.07) is 5.72. The van der Waals surface area contributed by atoms with Crippen LogP contribution in [0.1, 0.15) is 56.5 Å². The number of carboxylic acid groups (broad SMARTS) is 1. The largest absolute Gasteiger partial charge is 0.481 e. The summed E-state index contributed by atoms with van der Waals surface area (Å²) in [6.45, 7) is 10.6. The van der Waals surface area contributed by atoms with E-state index in [1.165, 1.54) is 46.9 Å². The summed E-state index contributed by atoms with van der Waals surface area (Å²) in [4.78, 5) is 50.1. The Hall–Kier alpha value is -4.90. The number of amides is 2. The minimum atomic E-state index is -1.10. The second kappa shape index (κ2) is 11.9. The summed E-state index contributed by atoms with van der Waals surface area (Å²) < 4.78 is 26.3. The van der Waals surface area contributed by atoms with E-state index in [9.17, 15) is 18.8 Å². The number of hydrogen-bond donors (Lipinski definition) is 2. The Morgan fingerprint density at radius 1 is 1.31 bits per heavy atom. The molecule has 0 spiro atoms. The third-order valence-corrected chi connectivity index (χ3v) is 8.63. The number of nitrogens with zero attached hydrogens (tertiary/aromatic N) is 6. The minimum Gasteiger partial charge on any atom is -0.481 e. The molecule has 0 radical (unpaired) electrons. The molecule has 5 heterocycles. The number of ether oxygens (including phenoxy) is 1. The third kappa shape index (κ3) is 6.08. The quantitative estimate of drug-likeness (QED) is 0.409. The fourth-order valence-corrected chi connectivity index (χ4v) is 5.82. The average Bonchev–Trinajstić information content (AvgIpc) is 3.61. The highest BCUT2D eigenvalue weighted by molar-refractivity contribution is 7.02. The van der Waals surface area contributed by atoms with Crippen molar-refractivity contribution in [1.82, 2.24) is 19.2 Å². The molecule has 0 saturated heterocycles. The fraction of sp³-hybridized carbons (Fsp3) is 0.387. The second-order valence-corrected chi connectivity index (χ2v) is 12.8. The monoisotopic (exact) mass is 633 g/mol. The Labute approximate surface area is 262 Å². The number of pyridine rings is 1. The maximum absolute atomic E-state index is 14.5. The van der Waals surface area contributed by atoms with E-state index in [-0.39, 0.29) is 59.1 Å². The first-order valence-corrected chi connectivity index (χ1v) is 14.9. The Balaban J connectivity index is 0.000000187. The van der Waals surface area contributed by atoms with E-state index >= 15 is 0 Å². The van der Waals surface area contributed by atoms with Crippen molar-refractivity contribution >= 4 is 46.5 Å². The first kappa shape index (κ1) is 31.5. The molecule has 3 aliphatic rings. The molecule has 6 rings (SSSR count). The van der Waals surface area contributed by atoms with Crippen molar-refractivity contribution in [3.05, 3.63) is 58.2 Å². The predicted molar refractivity (Wildman–Crippen MR) is 165 cm³/mol. The molecular formula is C31H32FN7O5S. The van der Waals surface area contributed by atoms with E-state index in [1.807, 2.05) is 18.4 Å². The van der Waals surface area contributed by atoms with Crippen molar-refractivity contribution in [3.8, 4) is 18.1 Å². The first-order chi connectivity index (χ1) is 21.2. The molecular weight excluding hydrogens is 601 g/mol. The normalized spacial score (nSPS) is 20.0. The molecule has 0 saturated carbocycles. The van der Waals surface area contributed by atoms with E-state index in [4.69, 9.17) is 16.3 Å². The number of amidine groups is 1. The zero-order valence-corrected chi connectivity index (χ0v) is 26.2. The van der Waals surface area contributed by atoms with Crippen LogP contribution in [-0.2, 0) is 22.6 Å². The summed E-state index contributed by atoms with van der Waals surface area (Å²) in [7, 11) is 0. The molecule has 2 aromatic heterocycles. The van der Waals surface area contributed by atoms with Crippen molar-refractivity contribution in [2.75, 3.05) is 18.1 Å². The van der Waals surface area contributed by atoms with Crippen molar-refractivity contribution in [2.45, 2.75) is 53.1 Å². The van der Waals surface area contributed by atoms with Gasteiger partial charge in [-0.2, -0.15) is 4.37 Å². The Kier molecular flexibility index (Phi) is 8.33. The zero-order valence-electron chi connectivity index (χ0n) is 25.4. The molecule has 1 aromatic carbocycles. The van der Waals surface area contributed by atoms with Gasteiger partial charge in [0.05, 0.1) is 17.8 Å². The summed E-state index contributed by atoms with van der Waals surface area (Å²) in [5.41, 5.74) is 0.00224. The molecule has 0 fully saturated rings. The number of carbonyl (C=O) groups excluding carboxylic acids is 2. The number of carboxylic acids is 1. The van der Waals surface area contributed by atoms with Gasteiger partial charge in [0, 0.05) is 36.8 Å². The smallest absolute Gasteiger partial charge is 0.338 e. The number of terminal acetylenes is 1. The van der Waals surface area contributed by atoms with E-state index < -0.39 is 17.3 Å². The Morgan fingerprint density at radius 2 is 2.07 bits per heavy atom. The summed E-state index contributed by atoms with van der Waals surface area (Å²) in [5.74, 6) is 1.81. The van der Waals surface area contributed by atoms with Crippen LogP contribution in [0.15, 0.2) is 40.4 Å². The van der Waals surface area contributed by atoms with Crippen LogP contribution in [0.25, 0.3) is 0 Å². The maximum atomic E-state index is 14.5. The highest BCUT2D eigenvalue weighted by Gasteiger charge is 2.43. The van der Waals surface area contributed by atoms with Crippen molar-refractivity contribution in [3.63, 3.8) is 0 Å². The number of aliphatic imine (C=N–C) groups is 1. The highest BCUT2D eigenvalue weighted by Crippen LogP contribution is 2.37. The number of benzene rings is 1. The van der Waals surface area contributed by atoms with Crippen LogP contribution >= 0.6 is 11.5 Å². The standard InChI is InChI=1S/C18H17FN4O2S.C13H15N3O3/c1-4-5-22-13-7-12(11(19)6-14(13)25-9-16(22)24)20-17-23-10-18(2,3)8-15(23)21-26-17;1-7(2)13(3)12(19)15-10(16-13)9-8(11(17)18)5-4-6-14-9/h1,6-7H,5,8-10H2,2-3H3;4-7H,1-3H3,(H,17,18)(H,15,16,19). The molecule has 234 valence electrons. The molecule has 14 heteroatoms. The highest BCUT2D eigenvalue weighted by atomic mass is 32.1. The summed E-state index contributed by atoms with van der Waals surface area (Å²) in [6.07, 6.45) is 7.69. The minimum absolute atomic E-state index is 0.00184. The van der Waals surface area contributed by atoms with Gasteiger partial charge in [-0.3, -0.25) is 19.5 Å². The van der Waals surface area contributed by atoms with Crippen LogP contribution in [0.2, 0.25) is 0 Å². The number of aromatic carboxylic acids is 1. The molecule has 2 amide bonds. The van der Waals surface area contributed by atoms with Crippen LogP contribution < -0.4 is 19.8 Å². The lowest BCUT2D eigenvalue weighted by Crippen LogP contribution is -2.41. The van der Waals surface area contributed by atoms with Crippen LogP contribution in [0.4, 0.5) is 15.8 Å². The first-order valence-electron chi connectivity index (χ1n) is 14.1. The van der Waals surface area contributed by atoms with Crippen molar-refractivity contribution < 1.29 is 28.6 Å². The van der Waals surface area contributed by atoms with Gasteiger partial charge in [0.15, 0.2) is 18.3 Å². The molecule has 0 aliphatic carbocycles. The number of rotatable bonds is 5.